The predicted octanol–water partition coefficient (Wildman–Crippen LogP) is 8.66. The normalized spacial score (nSPS) is 46.8. The van der Waals surface area contributed by atoms with E-state index in [0.29, 0.717) is 18.4 Å². The van der Waals surface area contributed by atoms with Gasteiger partial charge in [0.1, 0.15) is 6.61 Å². The zero-order chi connectivity index (χ0) is 27.9. The van der Waals surface area contributed by atoms with Gasteiger partial charge in [0.15, 0.2) is 0 Å². The SMILES string of the molecule is CC(C)=CCOC(=O)[C@]12CCC(C)(C)C[C@H]1C1=CC[C@@H]3[C@@]4(C)CC[C@H](O)C(C)(C)[C@@H]4CC[C@@]3(C)[C@]1(C)CC2. The number of rotatable bonds is 3. The second-order valence-electron chi connectivity index (χ2n) is 16.6. The van der Waals surface area contributed by atoms with Crippen molar-refractivity contribution >= 4 is 5.97 Å². The molecule has 5 aliphatic carbocycles. The Balaban J connectivity index is 1.54. The van der Waals surface area contributed by atoms with Gasteiger partial charge in [0.25, 0.3) is 0 Å². The van der Waals surface area contributed by atoms with Crippen molar-refractivity contribution in [3.63, 3.8) is 0 Å². The van der Waals surface area contributed by atoms with Crippen molar-refractivity contribution in [3.8, 4) is 0 Å². The summed E-state index contributed by atoms with van der Waals surface area (Å²) < 4.78 is 6.02. The molecule has 0 spiro atoms. The lowest BCUT2D eigenvalue weighted by molar-refractivity contribution is -0.206. The van der Waals surface area contributed by atoms with Crippen molar-refractivity contribution in [2.75, 3.05) is 6.61 Å². The summed E-state index contributed by atoms with van der Waals surface area (Å²) in [5, 5.41) is 11.0. The Bertz CT molecular complexity index is 1030. The number of fused-ring (bicyclic) bond motifs is 7. The van der Waals surface area contributed by atoms with Crippen LogP contribution >= 0.6 is 0 Å². The molecule has 4 fully saturated rings. The van der Waals surface area contributed by atoms with E-state index in [4.69, 9.17) is 4.74 Å². The highest BCUT2D eigenvalue weighted by Crippen LogP contribution is 2.75. The second-order valence-corrected chi connectivity index (χ2v) is 16.6. The standard InChI is InChI=1S/C35H56O3/c1-23(2)14-21-38-29(37)35-19-17-30(3,4)22-25(35)24-10-11-27-32(7)15-13-28(36)31(5,6)26(32)12-16-34(27,9)33(24,8)18-20-35/h10,14,25-28,36H,11-13,15-22H2,1-9H3/t25-,26-,27+,28-,32-,33+,34+,35-/m0/s1. The minimum atomic E-state index is -0.364. The first-order valence-corrected chi connectivity index (χ1v) is 15.7. The third kappa shape index (κ3) is 3.87. The van der Waals surface area contributed by atoms with E-state index < -0.39 is 0 Å². The molecule has 8 atom stereocenters. The van der Waals surface area contributed by atoms with E-state index in [0.717, 1.165) is 51.4 Å². The highest BCUT2D eigenvalue weighted by molar-refractivity contribution is 5.79. The van der Waals surface area contributed by atoms with Crippen LogP contribution < -0.4 is 0 Å². The van der Waals surface area contributed by atoms with Gasteiger partial charge in [-0.2, -0.15) is 0 Å². The molecule has 0 aromatic carbocycles. The van der Waals surface area contributed by atoms with Crippen molar-refractivity contribution in [3.05, 3.63) is 23.3 Å². The average Bonchev–Trinajstić information content (AvgIpc) is 2.81. The highest BCUT2D eigenvalue weighted by atomic mass is 16.5. The molecule has 0 radical (unpaired) electrons. The van der Waals surface area contributed by atoms with Crippen LogP contribution in [0.1, 0.15) is 127 Å². The van der Waals surface area contributed by atoms with Crippen LogP contribution in [0.3, 0.4) is 0 Å². The zero-order valence-corrected chi connectivity index (χ0v) is 26.0. The summed E-state index contributed by atoms with van der Waals surface area (Å²) >= 11 is 0. The molecule has 4 saturated carbocycles. The Kier molecular flexibility index (Phi) is 6.70. The number of esters is 1. The average molecular weight is 525 g/mol. The fourth-order valence-electron chi connectivity index (χ4n) is 11.0. The van der Waals surface area contributed by atoms with Gasteiger partial charge in [0.05, 0.1) is 11.5 Å². The van der Waals surface area contributed by atoms with Crippen molar-refractivity contribution in [1.29, 1.82) is 0 Å². The van der Waals surface area contributed by atoms with Gasteiger partial charge in [-0.3, -0.25) is 4.79 Å². The summed E-state index contributed by atoms with van der Waals surface area (Å²) in [5.74, 6) is 1.54. The lowest BCUT2D eigenvalue weighted by Gasteiger charge is -2.71. The van der Waals surface area contributed by atoms with Gasteiger partial charge < -0.3 is 9.84 Å². The van der Waals surface area contributed by atoms with Crippen molar-refractivity contribution < 1.29 is 14.6 Å². The summed E-state index contributed by atoms with van der Waals surface area (Å²) in [4.78, 5) is 13.9. The summed E-state index contributed by atoms with van der Waals surface area (Å²) in [7, 11) is 0. The molecule has 0 amide bonds. The fraction of sp³-hybridized carbons (Fsp3) is 0.857. The van der Waals surface area contributed by atoms with Gasteiger partial charge in [0, 0.05) is 0 Å². The van der Waals surface area contributed by atoms with Crippen molar-refractivity contribution in [1.82, 2.24) is 0 Å². The molecule has 0 heterocycles. The van der Waals surface area contributed by atoms with Crippen LogP contribution in [0, 0.1) is 50.2 Å². The molecule has 0 bridgehead atoms. The van der Waals surface area contributed by atoms with Gasteiger partial charge in [-0.25, -0.2) is 0 Å². The molecule has 0 aliphatic heterocycles. The van der Waals surface area contributed by atoms with Crippen LogP contribution in [0.4, 0.5) is 0 Å². The van der Waals surface area contributed by atoms with Crippen LogP contribution in [0.25, 0.3) is 0 Å². The molecule has 214 valence electrons. The van der Waals surface area contributed by atoms with E-state index in [9.17, 15) is 9.90 Å². The second kappa shape index (κ2) is 8.95. The molecule has 3 nitrogen and oxygen atoms in total. The van der Waals surface area contributed by atoms with E-state index in [1.54, 1.807) is 5.57 Å². The summed E-state index contributed by atoms with van der Waals surface area (Å²) in [6.45, 7) is 21.8. The molecule has 0 unspecified atom stereocenters. The molecule has 5 rings (SSSR count). The summed E-state index contributed by atoms with van der Waals surface area (Å²) in [6.07, 6.45) is 15.3. The molecule has 5 aliphatic rings. The van der Waals surface area contributed by atoms with E-state index >= 15 is 0 Å². The van der Waals surface area contributed by atoms with Gasteiger partial charge in [-0.15, -0.1) is 0 Å². The molecule has 38 heavy (non-hydrogen) atoms. The van der Waals surface area contributed by atoms with Crippen molar-refractivity contribution in [2.45, 2.75) is 133 Å². The number of aliphatic hydroxyl groups excluding tert-OH is 1. The van der Waals surface area contributed by atoms with Crippen LogP contribution in [0.5, 0.6) is 0 Å². The Hall–Kier alpha value is -1.09. The third-order valence-corrected chi connectivity index (χ3v) is 13.7. The number of hydrogen-bond acceptors (Lipinski definition) is 3. The number of allylic oxidation sites excluding steroid dienone is 3. The van der Waals surface area contributed by atoms with E-state index in [-0.39, 0.29) is 50.5 Å². The number of hydrogen-bond donors (Lipinski definition) is 1. The fourth-order valence-corrected chi connectivity index (χ4v) is 11.0. The lowest BCUT2D eigenvalue weighted by Crippen LogP contribution is -2.65. The van der Waals surface area contributed by atoms with Crippen LogP contribution in [0.15, 0.2) is 23.3 Å². The van der Waals surface area contributed by atoms with Crippen LogP contribution in [-0.2, 0) is 9.53 Å². The quantitative estimate of drug-likeness (QED) is 0.297. The third-order valence-electron chi connectivity index (χ3n) is 13.7. The van der Waals surface area contributed by atoms with E-state index in [1.807, 2.05) is 6.08 Å². The minimum Gasteiger partial charge on any atom is -0.461 e. The Morgan fingerprint density at radius 1 is 0.947 bits per heavy atom. The predicted molar refractivity (Wildman–Crippen MR) is 155 cm³/mol. The van der Waals surface area contributed by atoms with Gasteiger partial charge in [0.2, 0.25) is 0 Å². The van der Waals surface area contributed by atoms with Gasteiger partial charge in [-0.05, 0) is 129 Å². The zero-order valence-electron chi connectivity index (χ0n) is 26.0. The monoisotopic (exact) mass is 524 g/mol. The maximum absolute atomic E-state index is 13.9. The molecule has 1 N–H and O–H groups in total. The van der Waals surface area contributed by atoms with Gasteiger partial charge >= 0.3 is 5.97 Å². The maximum Gasteiger partial charge on any atom is 0.312 e. The Morgan fingerprint density at radius 2 is 1.63 bits per heavy atom. The largest absolute Gasteiger partial charge is 0.461 e. The lowest BCUT2D eigenvalue weighted by atomic mass is 9.33. The van der Waals surface area contributed by atoms with Crippen molar-refractivity contribution in [2.24, 2.45) is 50.2 Å². The Morgan fingerprint density at radius 3 is 2.32 bits per heavy atom. The van der Waals surface area contributed by atoms with Crippen LogP contribution in [-0.4, -0.2) is 23.8 Å². The maximum atomic E-state index is 13.9. The first kappa shape index (κ1) is 28.4. The first-order chi connectivity index (χ1) is 17.5. The van der Waals surface area contributed by atoms with E-state index in [2.05, 4.69) is 68.4 Å². The molecule has 0 aromatic heterocycles. The summed E-state index contributed by atoms with van der Waals surface area (Å²) in [5.41, 5.74) is 3.26. The minimum absolute atomic E-state index is 0.0244. The highest BCUT2D eigenvalue weighted by Gasteiger charge is 2.69. The van der Waals surface area contributed by atoms with E-state index in [1.165, 1.54) is 18.4 Å². The number of carbonyl (C=O) groups is 1. The Labute approximate surface area is 233 Å². The van der Waals surface area contributed by atoms with Crippen LogP contribution in [0.2, 0.25) is 0 Å². The molecular weight excluding hydrogens is 468 g/mol. The first-order valence-electron chi connectivity index (χ1n) is 15.7. The topological polar surface area (TPSA) is 46.5 Å². The molecule has 0 aromatic rings. The number of aliphatic hydroxyl groups is 1. The smallest absolute Gasteiger partial charge is 0.312 e. The number of carbonyl (C=O) groups excluding carboxylic acids is 1. The molecule has 3 heteroatoms. The molecule has 0 saturated heterocycles. The number of ether oxygens (including phenoxy) is 1. The summed E-state index contributed by atoms with van der Waals surface area (Å²) in [6, 6.07) is 0. The van der Waals surface area contributed by atoms with Gasteiger partial charge in [-0.1, -0.05) is 65.7 Å². The molecular formula is C35H56O3.